The monoisotopic (exact) mass is 250 g/mol. The van der Waals surface area contributed by atoms with Crippen molar-refractivity contribution in [1.82, 2.24) is 0 Å². The molecule has 0 spiro atoms. The molecule has 0 aromatic heterocycles. The van der Waals surface area contributed by atoms with Gasteiger partial charge in [0.05, 0.1) is 38.9 Å². The Morgan fingerprint density at radius 1 is 1.17 bits per heavy atom. The maximum Gasteiger partial charge on any atom is 0.338 e. The van der Waals surface area contributed by atoms with Crippen LogP contribution in [0, 0.1) is 0 Å². The molecule has 0 radical (unpaired) electrons. The van der Waals surface area contributed by atoms with Gasteiger partial charge in [-0.15, -0.1) is 0 Å². The van der Waals surface area contributed by atoms with Gasteiger partial charge >= 0.3 is 5.97 Å². The van der Waals surface area contributed by atoms with Crippen molar-refractivity contribution in [2.24, 2.45) is 0 Å². The fourth-order valence-corrected chi connectivity index (χ4v) is 1.81. The van der Waals surface area contributed by atoms with Crippen molar-refractivity contribution in [3.8, 4) is 0 Å². The van der Waals surface area contributed by atoms with Gasteiger partial charge in [-0.2, -0.15) is 0 Å². The van der Waals surface area contributed by atoms with Crippen LogP contribution in [0.2, 0.25) is 0 Å². The van der Waals surface area contributed by atoms with Crippen LogP contribution in [0.3, 0.4) is 0 Å². The van der Waals surface area contributed by atoms with Crippen molar-refractivity contribution >= 4 is 5.97 Å². The van der Waals surface area contributed by atoms with Gasteiger partial charge in [-0.05, 0) is 26.0 Å². The average Bonchev–Trinajstić information content (AvgIpc) is 2.44. The van der Waals surface area contributed by atoms with Crippen molar-refractivity contribution in [2.75, 3.05) is 33.3 Å². The third-order valence-corrected chi connectivity index (χ3v) is 3.61. The van der Waals surface area contributed by atoms with Crippen molar-refractivity contribution in [3.05, 3.63) is 35.9 Å². The van der Waals surface area contributed by atoms with E-state index in [1.165, 1.54) is 0 Å². The summed E-state index contributed by atoms with van der Waals surface area (Å²) in [5.41, 5.74) is 0.626. The topological polar surface area (TPSA) is 26.3 Å². The summed E-state index contributed by atoms with van der Waals surface area (Å²) in [6, 6.07) is 9.14. The zero-order valence-electron chi connectivity index (χ0n) is 11.7. The van der Waals surface area contributed by atoms with Crippen molar-refractivity contribution in [2.45, 2.75) is 20.3 Å². The summed E-state index contributed by atoms with van der Waals surface area (Å²) >= 11 is 0. The fraction of sp³-hybridized carbons (Fsp3) is 0.533. The number of quaternary nitrogens is 1. The minimum absolute atomic E-state index is 0.224. The lowest BCUT2D eigenvalue weighted by atomic mass is 10.2. The van der Waals surface area contributed by atoms with Crippen LogP contribution in [0.4, 0.5) is 0 Å². The maximum absolute atomic E-state index is 11.7. The molecule has 100 valence electrons. The molecule has 0 atom stereocenters. The lowest BCUT2D eigenvalue weighted by Crippen LogP contribution is -2.44. The molecular weight excluding hydrogens is 226 g/mol. The summed E-state index contributed by atoms with van der Waals surface area (Å²) in [5, 5.41) is 0. The number of carbonyl (C=O) groups is 1. The highest BCUT2D eigenvalue weighted by Crippen LogP contribution is 2.05. The molecule has 0 aliphatic rings. The molecule has 0 saturated carbocycles. The van der Waals surface area contributed by atoms with Gasteiger partial charge in [-0.1, -0.05) is 18.2 Å². The van der Waals surface area contributed by atoms with E-state index in [1.807, 2.05) is 18.2 Å². The van der Waals surface area contributed by atoms with Crippen molar-refractivity contribution in [1.29, 1.82) is 0 Å². The van der Waals surface area contributed by atoms with Gasteiger partial charge in [-0.3, -0.25) is 0 Å². The molecule has 0 aliphatic heterocycles. The lowest BCUT2D eigenvalue weighted by molar-refractivity contribution is -0.906. The number of nitrogens with zero attached hydrogens (tertiary/aromatic N) is 1. The van der Waals surface area contributed by atoms with Crippen LogP contribution < -0.4 is 0 Å². The number of hydrogen-bond donors (Lipinski definition) is 0. The van der Waals surface area contributed by atoms with Gasteiger partial charge in [0, 0.05) is 6.42 Å². The Morgan fingerprint density at radius 2 is 1.78 bits per heavy atom. The molecule has 0 N–H and O–H groups in total. The second-order valence-corrected chi connectivity index (χ2v) is 4.83. The van der Waals surface area contributed by atoms with E-state index < -0.39 is 0 Å². The first-order valence-electron chi connectivity index (χ1n) is 6.67. The molecule has 1 rings (SSSR count). The SMILES string of the molecule is CC[N+](C)(CC)CCCOC(=O)c1ccccc1. The fourth-order valence-electron chi connectivity index (χ4n) is 1.81. The molecule has 1 aromatic rings. The van der Waals surface area contributed by atoms with Crippen LogP contribution in [0.15, 0.2) is 30.3 Å². The van der Waals surface area contributed by atoms with Gasteiger partial charge in [-0.25, -0.2) is 4.79 Å². The summed E-state index contributed by atoms with van der Waals surface area (Å²) in [6.45, 7) is 8.17. The number of carbonyl (C=O) groups excluding carboxylic acids is 1. The van der Waals surface area contributed by atoms with E-state index in [0.717, 1.165) is 30.5 Å². The van der Waals surface area contributed by atoms with Crippen LogP contribution >= 0.6 is 0 Å². The highest BCUT2D eigenvalue weighted by Gasteiger charge is 2.15. The largest absolute Gasteiger partial charge is 0.462 e. The Labute approximate surface area is 110 Å². The third-order valence-electron chi connectivity index (χ3n) is 3.61. The van der Waals surface area contributed by atoms with E-state index in [-0.39, 0.29) is 5.97 Å². The predicted octanol–water partition coefficient (Wildman–Crippen LogP) is 2.72. The Hall–Kier alpha value is -1.35. The normalized spacial score (nSPS) is 11.3. The molecule has 0 fully saturated rings. The second kappa shape index (κ2) is 7.17. The predicted molar refractivity (Wildman–Crippen MR) is 73.5 cm³/mol. The Kier molecular flexibility index (Phi) is 5.86. The van der Waals surface area contributed by atoms with Crippen LogP contribution in [-0.4, -0.2) is 43.7 Å². The van der Waals surface area contributed by atoms with Gasteiger partial charge < -0.3 is 9.22 Å². The van der Waals surface area contributed by atoms with E-state index in [4.69, 9.17) is 4.74 Å². The minimum Gasteiger partial charge on any atom is -0.462 e. The van der Waals surface area contributed by atoms with E-state index in [1.54, 1.807) is 12.1 Å². The summed E-state index contributed by atoms with van der Waals surface area (Å²) in [4.78, 5) is 11.7. The number of benzene rings is 1. The first-order valence-corrected chi connectivity index (χ1v) is 6.67. The van der Waals surface area contributed by atoms with Crippen LogP contribution in [0.25, 0.3) is 0 Å². The summed E-state index contributed by atoms with van der Waals surface area (Å²) in [6.07, 6.45) is 0.913. The van der Waals surface area contributed by atoms with E-state index in [0.29, 0.717) is 12.2 Å². The summed E-state index contributed by atoms with van der Waals surface area (Å²) in [7, 11) is 2.24. The molecule has 18 heavy (non-hydrogen) atoms. The van der Waals surface area contributed by atoms with Crippen LogP contribution in [0.1, 0.15) is 30.6 Å². The van der Waals surface area contributed by atoms with Crippen molar-refractivity contribution < 1.29 is 14.0 Å². The molecule has 0 heterocycles. The minimum atomic E-state index is -0.224. The Morgan fingerprint density at radius 3 is 2.33 bits per heavy atom. The molecule has 1 aromatic carbocycles. The van der Waals surface area contributed by atoms with Crippen LogP contribution in [0.5, 0.6) is 0 Å². The van der Waals surface area contributed by atoms with Gasteiger partial charge in [0.1, 0.15) is 0 Å². The zero-order chi connectivity index (χ0) is 13.4. The molecule has 0 unspecified atom stereocenters. The molecular formula is C15H24NO2+. The molecule has 3 nitrogen and oxygen atoms in total. The van der Waals surface area contributed by atoms with E-state index >= 15 is 0 Å². The first kappa shape index (κ1) is 14.7. The maximum atomic E-state index is 11.7. The number of esters is 1. The van der Waals surface area contributed by atoms with E-state index in [9.17, 15) is 4.79 Å². The van der Waals surface area contributed by atoms with Crippen LogP contribution in [-0.2, 0) is 4.74 Å². The quantitative estimate of drug-likeness (QED) is 0.422. The lowest BCUT2D eigenvalue weighted by Gasteiger charge is -2.31. The van der Waals surface area contributed by atoms with Gasteiger partial charge in [0.25, 0.3) is 0 Å². The smallest absolute Gasteiger partial charge is 0.338 e. The summed E-state index contributed by atoms with van der Waals surface area (Å²) in [5.74, 6) is -0.224. The average molecular weight is 250 g/mol. The Bertz CT molecular complexity index is 358. The number of hydrogen-bond acceptors (Lipinski definition) is 2. The first-order chi connectivity index (χ1) is 8.61. The van der Waals surface area contributed by atoms with E-state index in [2.05, 4.69) is 20.9 Å². The molecule has 0 amide bonds. The third kappa shape index (κ3) is 4.49. The molecule has 0 saturated heterocycles. The zero-order valence-corrected chi connectivity index (χ0v) is 11.7. The molecule has 0 bridgehead atoms. The molecule has 3 heteroatoms. The highest BCUT2D eigenvalue weighted by atomic mass is 16.5. The second-order valence-electron chi connectivity index (χ2n) is 4.83. The Balaban J connectivity index is 2.29. The van der Waals surface area contributed by atoms with Gasteiger partial charge in [0.2, 0.25) is 0 Å². The standard InChI is InChI=1S/C15H24NO2/c1-4-16(3,5-2)12-9-13-18-15(17)14-10-7-6-8-11-14/h6-8,10-11H,4-5,9,12-13H2,1-3H3/q+1. The van der Waals surface area contributed by atoms with Gasteiger partial charge in [0.15, 0.2) is 0 Å². The highest BCUT2D eigenvalue weighted by molar-refractivity contribution is 5.89. The molecule has 0 aliphatic carbocycles. The number of ether oxygens (including phenoxy) is 1. The van der Waals surface area contributed by atoms with Crippen molar-refractivity contribution in [3.63, 3.8) is 0 Å². The number of rotatable bonds is 7. The summed E-state index contributed by atoms with van der Waals surface area (Å²) < 4.78 is 6.29.